The summed E-state index contributed by atoms with van der Waals surface area (Å²) in [6.07, 6.45) is 1.59. The molecule has 1 aliphatic rings. The van der Waals surface area contributed by atoms with Crippen molar-refractivity contribution in [3.63, 3.8) is 0 Å². The number of carbonyl (C=O) groups is 2. The van der Waals surface area contributed by atoms with Gasteiger partial charge in [-0.25, -0.2) is 22.8 Å². The molecule has 0 aliphatic carbocycles. The van der Waals surface area contributed by atoms with E-state index in [0.29, 0.717) is 36.8 Å². The number of nitrogens with one attached hydrogen (secondary N) is 2. The molecule has 3 rings (SSSR count). The number of unbranched alkanes of at least 4 members (excludes halogenated alkanes) is 1. The van der Waals surface area contributed by atoms with Crippen LogP contribution in [0.25, 0.3) is 0 Å². The molecule has 4 N–H and O–H groups in total. The fourth-order valence-corrected chi connectivity index (χ4v) is 4.41. The van der Waals surface area contributed by atoms with Crippen LogP contribution in [0.4, 0.5) is 23.0 Å². The van der Waals surface area contributed by atoms with Gasteiger partial charge in [-0.05, 0) is 30.9 Å². The average molecular weight is 532 g/mol. The molecule has 0 atom stereocenters. The molecule has 1 aliphatic heterocycles. The molecule has 36 heavy (non-hydrogen) atoms. The van der Waals surface area contributed by atoms with E-state index in [2.05, 4.69) is 24.8 Å². The Morgan fingerprint density at radius 2 is 1.69 bits per heavy atom. The van der Waals surface area contributed by atoms with Crippen molar-refractivity contribution in [2.45, 2.75) is 19.4 Å². The van der Waals surface area contributed by atoms with E-state index in [9.17, 15) is 27.9 Å². The van der Waals surface area contributed by atoms with Crippen molar-refractivity contribution in [2.75, 3.05) is 57.7 Å². The first kappa shape index (κ1) is 27.6. The van der Waals surface area contributed by atoms with Gasteiger partial charge in [0.1, 0.15) is 29.1 Å². The first-order valence-corrected chi connectivity index (χ1v) is 12.2. The van der Waals surface area contributed by atoms with Crippen LogP contribution in [0.15, 0.2) is 12.1 Å². The van der Waals surface area contributed by atoms with Gasteiger partial charge in [0, 0.05) is 51.4 Å². The second-order valence-electron chi connectivity index (χ2n) is 8.13. The van der Waals surface area contributed by atoms with E-state index in [1.165, 1.54) is 0 Å². The normalized spacial score (nSPS) is 14.6. The molecule has 0 spiro atoms. The van der Waals surface area contributed by atoms with Crippen LogP contribution in [-0.4, -0.2) is 88.8 Å². The van der Waals surface area contributed by atoms with Crippen LogP contribution >= 0.6 is 11.5 Å². The average Bonchev–Trinajstić information content (AvgIpc) is 3.22. The number of nitrogens with zero attached hydrogens (tertiary/aromatic N) is 3. The number of carboxylic acid groups (broad SMARTS) is 1. The molecular weight excluding hydrogens is 503 g/mol. The zero-order valence-electron chi connectivity index (χ0n) is 19.4. The number of amides is 2. The smallest absolute Gasteiger partial charge is 0.344 e. The number of hydrogen-bond acceptors (Lipinski definition) is 8. The number of aromatic carboxylic acids is 1. The summed E-state index contributed by atoms with van der Waals surface area (Å²) in [7, 11) is 0. The Balaban J connectivity index is 1.43. The SMILES string of the molecule is O=C(NCCCCN1CCN(CCO)CC1)Nc1snc(OCc2c(F)cc(F)cc2F)c1C(=O)O. The van der Waals surface area contributed by atoms with Crippen LogP contribution in [0.2, 0.25) is 0 Å². The summed E-state index contributed by atoms with van der Waals surface area (Å²) < 4.78 is 49.6. The van der Waals surface area contributed by atoms with Crippen molar-refractivity contribution in [2.24, 2.45) is 0 Å². The van der Waals surface area contributed by atoms with Crippen LogP contribution in [-0.2, 0) is 6.61 Å². The third-order valence-electron chi connectivity index (χ3n) is 5.63. The summed E-state index contributed by atoms with van der Waals surface area (Å²) in [6, 6.07) is 0.343. The molecule has 1 saturated heterocycles. The predicted octanol–water partition coefficient (Wildman–Crippen LogP) is 2.35. The van der Waals surface area contributed by atoms with E-state index in [1.54, 1.807) is 0 Å². The number of carboxylic acids is 1. The van der Waals surface area contributed by atoms with E-state index < -0.39 is 53.1 Å². The Hall–Kier alpha value is -2.94. The summed E-state index contributed by atoms with van der Waals surface area (Å²) in [5, 5.41) is 23.5. The minimum Gasteiger partial charge on any atom is -0.477 e. The third-order valence-corrected chi connectivity index (χ3v) is 6.37. The number of halogens is 3. The van der Waals surface area contributed by atoms with E-state index in [0.717, 1.165) is 45.6 Å². The van der Waals surface area contributed by atoms with Gasteiger partial charge in [-0.3, -0.25) is 10.2 Å². The van der Waals surface area contributed by atoms with Crippen LogP contribution < -0.4 is 15.4 Å². The number of aliphatic hydroxyl groups is 1. The zero-order chi connectivity index (χ0) is 26.1. The largest absolute Gasteiger partial charge is 0.477 e. The molecule has 0 bridgehead atoms. The summed E-state index contributed by atoms with van der Waals surface area (Å²) in [4.78, 5) is 28.4. The van der Waals surface area contributed by atoms with E-state index in [1.807, 2.05) is 0 Å². The van der Waals surface area contributed by atoms with Gasteiger partial charge in [0.15, 0.2) is 5.56 Å². The first-order chi connectivity index (χ1) is 17.3. The lowest BCUT2D eigenvalue weighted by Gasteiger charge is -2.34. The van der Waals surface area contributed by atoms with Crippen LogP contribution in [0.3, 0.4) is 0 Å². The maximum absolute atomic E-state index is 13.8. The van der Waals surface area contributed by atoms with Crippen molar-refractivity contribution in [1.82, 2.24) is 19.5 Å². The number of anilines is 1. The zero-order valence-corrected chi connectivity index (χ0v) is 20.3. The molecular formula is C22H28F3N5O5S. The van der Waals surface area contributed by atoms with Crippen molar-refractivity contribution in [1.29, 1.82) is 0 Å². The number of aliphatic hydroxyl groups excluding tert-OH is 1. The number of carbonyl (C=O) groups excluding carboxylic acids is 1. The van der Waals surface area contributed by atoms with Crippen molar-refractivity contribution in [3.05, 3.63) is 40.7 Å². The highest BCUT2D eigenvalue weighted by atomic mass is 32.1. The van der Waals surface area contributed by atoms with Gasteiger partial charge in [0.05, 0.1) is 12.2 Å². The molecule has 0 unspecified atom stereocenters. The second-order valence-corrected chi connectivity index (χ2v) is 8.90. The van der Waals surface area contributed by atoms with Crippen LogP contribution in [0, 0.1) is 17.5 Å². The minimum atomic E-state index is -1.45. The maximum atomic E-state index is 13.8. The Kier molecular flexibility index (Phi) is 10.3. The lowest BCUT2D eigenvalue weighted by Crippen LogP contribution is -2.47. The van der Waals surface area contributed by atoms with Gasteiger partial charge in [-0.1, -0.05) is 0 Å². The Morgan fingerprint density at radius 3 is 2.31 bits per heavy atom. The molecule has 1 aromatic carbocycles. The monoisotopic (exact) mass is 531 g/mol. The molecule has 0 radical (unpaired) electrons. The first-order valence-electron chi connectivity index (χ1n) is 11.4. The molecule has 1 aromatic heterocycles. The predicted molar refractivity (Wildman–Crippen MR) is 126 cm³/mol. The van der Waals surface area contributed by atoms with Gasteiger partial charge >= 0.3 is 12.0 Å². The molecule has 198 valence electrons. The molecule has 2 heterocycles. The fourth-order valence-electron chi connectivity index (χ4n) is 3.69. The standard InChI is InChI=1S/C22H28F3N5O5S/c23-14-11-16(24)15(17(25)12-14)13-35-19-18(21(32)33)20(36-28-19)27-22(34)26-3-1-2-4-29-5-7-30(8-6-29)9-10-31/h11-12,31H,1-10,13H2,(H,32,33)(H2,26,27,34). The van der Waals surface area contributed by atoms with Gasteiger partial charge in [-0.2, -0.15) is 4.37 Å². The quantitative estimate of drug-likeness (QED) is 0.308. The van der Waals surface area contributed by atoms with Crippen molar-refractivity contribution in [3.8, 4) is 5.88 Å². The number of rotatable bonds is 12. The van der Waals surface area contributed by atoms with Crippen molar-refractivity contribution >= 4 is 28.5 Å². The van der Waals surface area contributed by atoms with Crippen molar-refractivity contribution < 1.29 is 37.7 Å². The second kappa shape index (κ2) is 13.4. The summed E-state index contributed by atoms with van der Waals surface area (Å²) >= 11 is 0.643. The molecule has 14 heteroatoms. The van der Waals surface area contributed by atoms with Crippen LogP contribution in [0.5, 0.6) is 5.88 Å². The minimum absolute atomic E-state index is 0.101. The Morgan fingerprint density at radius 1 is 1.06 bits per heavy atom. The molecule has 1 fully saturated rings. The van der Waals surface area contributed by atoms with E-state index in [-0.39, 0.29) is 11.6 Å². The fraction of sp³-hybridized carbons (Fsp3) is 0.500. The summed E-state index contributed by atoms with van der Waals surface area (Å²) in [5.41, 5.74) is -1.04. The van der Waals surface area contributed by atoms with Gasteiger partial charge in [0.25, 0.3) is 0 Å². The number of benzene rings is 1. The third kappa shape index (κ3) is 7.78. The molecule has 10 nitrogen and oxygen atoms in total. The lowest BCUT2D eigenvalue weighted by atomic mass is 10.2. The molecule has 2 aromatic rings. The highest BCUT2D eigenvalue weighted by Gasteiger charge is 2.24. The topological polar surface area (TPSA) is 127 Å². The number of urea groups is 1. The number of β-amino-alcohol motifs (C(OH)–C–C–N with tert-alkyl or cyclic N) is 1. The van der Waals surface area contributed by atoms with Gasteiger partial charge in [-0.15, -0.1) is 0 Å². The van der Waals surface area contributed by atoms with E-state index in [4.69, 9.17) is 9.84 Å². The molecule has 2 amide bonds. The van der Waals surface area contributed by atoms with Gasteiger partial charge in [0.2, 0.25) is 5.88 Å². The highest BCUT2D eigenvalue weighted by Crippen LogP contribution is 2.31. The number of hydrogen-bond donors (Lipinski definition) is 4. The highest BCUT2D eigenvalue weighted by molar-refractivity contribution is 7.11. The van der Waals surface area contributed by atoms with Gasteiger partial charge < -0.3 is 25.2 Å². The van der Waals surface area contributed by atoms with Crippen LogP contribution in [0.1, 0.15) is 28.8 Å². The Bertz CT molecular complexity index is 1030. The Labute approximate surface area is 209 Å². The molecule has 0 saturated carbocycles. The number of ether oxygens (including phenoxy) is 1. The number of piperazine rings is 1. The lowest BCUT2D eigenvalue weighted by molar-refractivity contribution is 0.0693. The maximum Gasteiger partial charge on any atom is 0.344 e. The summed E-state index contributed by atoms with van der Waals surface area (Å²) in [6.45, 7) is 5.11. The number of aromatic nitrogens is 1. The van der Waals surface area contributed by atoms with E-state index >= 15 is 0 Å². The summed E-state index contributed by atoms with van der Waals surface area (Å²) in [5.74, 6) is -5.33.